The lowest BCUT2D eigenvalue weighted by atomic mass is 9.98. The molecule has 166 valence electrons. The molecule has 2 amide bonds. The number of nitrogens with zero attached hydrogens (tertiary/aromatic N) is 1. The summed E-state index contributed by atoms with van der Waals surface area (Å²) in [5.41, 5.74) is 2.06. The summed E-state index contributed by atoms with van der Waals surface area (Å²) in [5.74, 6) is -1.41. The average Bonchev–Trinajstić information content (AvgIpc) is 2.79. The van der Waals surface area contributed by atoms with Gasteiger partial charge in [0.05, 0.1) is 12.5 Å². The van der Waals surface area contributed by atoms with Crippen molar-refractivity contribution in [2.24, 2.45) is 0 Å². The molecule has 8 nitrogen and oxygen atoms in total. The number of amides is 2. The van der Waals surface area contributed by atoms with Gasteiger partial charge in [0, 0.05) is 18.3 Å². The topological polar surface area (TPSA) is 121 Å². The number of aryl methyl sites for hydroxylation is 2. The van der Waals surface area contributed by atoms with Crippen LogP contribution in [0.5, 0.6) is 5.75 Å². The van der Waals surface area contributed by atoms with E-state index < -0.39 is 23.6 Å². The molecular formula is C24H25N3O5. The maximum atomic E-state index is 12.7. The summed E-state index contributed by atoms with van der Waals surface area (Å²) in [4.78, 5) is 36.6. The van der Waals surface area contributed by atoms with Crippen molar-refractivity contribution in [3.63, 3.8) is 0 Å². The Kier molecular flexibility index (Phi) is 6.94. The van der Waals surface area contributed by atoms with Crippen LogP contribution in [0.2, 0.25) is 0 Å². The monoisotopic (exact) mass is 435 g/mol. The van der Waals surface area contributed by atoms with Crippen LogP contribution >= 0.6 is 0 Å². The molecule has 1 aromatic heterocycles. The normalized spacial score (nSPS) is 11.6. The van der Waals surface area contributed by atoms with Crippen LogP contribution in [0.1, 0.15) is 30.5 Å². The molecule has 1 unspecified atom stereocenters. The van der Waals surface area contributed by atoms with Gasteiger partial charge in [0.25, 0.3) is 5.56 Å². The van der Waals surface area contributed by atoms with Crippen LogP contribution in [0.25, 0.3) is 11.1 Å². The first kappa shape index (κ1) is 22.6. The first-order valence-corrected chi connectivity index (χ1v) is 10.2. The lowest BCUT2D eigenvalue weighted by Gasteiger charge is -2.19. The number of carbonyl (C=O) groups excluding carboxylic acids is 1. The fraction of sp³-hybridized carbons (Fsp3) is 0.208. The van der Waals surface area contributed by atoms with Crippen molar-refractivity contribution in [1.82, 2.24) is 9.88 Å². The number of anilines is 1. The number of aromatic hydroxyl groups is 1. The zero-order chi connectivity index (χ0) is 23.3. The van der Waals surface area contributed by atoms with Crippen molar-refractivity contribution in [3.8, 4) is 16.9 Å². The Morgan fingerprint density at radius 1 is 1.06 bits per heavy atom. The number of aromatic nitrogens is 1. The van der Waals surface area contributed by atoms with E-state index in [-0.39, 0.29) is 17.9 Å². The van der Waals surface area contributed by atoms with Crippen molar-refractivity contribution < 1.29 is 19.8 Å². The van der Waals surface area contributed by atoms with E-state index in [9.17, 15) is 24.6 Å². The summed E-state index contributed by atoms with van der Waals surface area (Å²) in [6, 6.07) is 15.2. The molecule has 1 atom stereocenters. The highest BCUT2D eigenvalue weighted by atomic mass is 16.4. The molecule has 0 bridgehead atoms. The molecule has 0 fully saturated rings. The van der Waals surface area contributed by atoms with Gasteiger partial charge in [-0.1, -0.05) is 48.5 Å². The van der Waals surface area contributed by atoms with E-state index in [1.807, 2.05) is 42.5 Å². The fourth-order valence-electron chi connectivity index (χ4n) is 3.44. The van der Waals surface area contributed by atoms with Gasteiger partial charge < -0.3 is 25.4 Å². The van der Waals surface area contributed by atoms with E-state index in [2.05, 4.69) is 10.6 Å². The molecule has 3 rings (SSSR count). The second-order valence-electron chi connectivity index (χ2n) is 7.37. The maximum Gasteiger partial charge on any atom is 0.319 e. The second kappa shape index (κ2) is 9.82. The van der Waals surface area contributed by atoms with Crippen LogP contribution in [0.15, 0.2) is 65.6 Å². The predicted molar refractivity (Wildman–Crippen MR) is 122 cm³/mol. The van der Waals surface area contributed by atoms with E-state index in [0.717, 1.165) is 11.1 Å². The zero-order valence-corrected chi connectivity index (χ0v) is 17.8. The van der Waals surface area contributed by atoms with Crippen LogP contribution in [0.4, 0.5) is 10.5 Å². The first-order chi connectivity index (χ1) is 15.3. The van der Waals surface area contributed by atoms with Crippen molar-refractivity contribution in [1.29, 1.82) is 0 Å². The Labute approximate surface area is 185 Å². The van der Waals surface area contributed by atoms with Crippen LogP contribution in [-0.4, -0.2) is 26.8 Å². The molecule has 3 aromatic rings. The van der Waals surface area contributed by atoms with E-state index >= 15 is 0 Å². The number of carbonyl (C=O) groups is 2. The van der Waals surface area contributed by atoms with Crippen LogP contribution < -0.4 is 16.2 Å². The van der Waals surface area contributed by atoms with Gasteiger partial charge in [-0.25, -0.2) is 4.79 Å². The van der Waals surface area contributed by atoms with E-state index in [1.165, 1.54) is 10.8 Å². The Bertz CT molecular complexity index is 1190. The quantitative estimate of drug-likeness (QED) is 0.449. The lowest BCUT2D eigenvalue weighted by Crippen LogP contribution is -2.36. The zero-order valence-electron chi connectivity index (χ0n) is 17.8. The molecule has 2 aromatic carbocycles. The Balaban J connectivity index is 1.88. The van der Waals surface area contributed by atoms with Crippen molar-refractivity contribution in [3.05, 3.63) is 82.3 Å². The number of nitrogens with one attached hydrogen (secondary N) is 2. The van der Waals surface area contributed by atoms with E-state index in [1.54, 1.807) is 26.0 Å². The van der Waals surface area contributed by atoms with Gasteiger partial charge in [-0.3, -0.25) is 9.59 Å². The van der Waals surface area contributed by atoms with Crippen molar-refractivity contribution >= 4 is 17.7 Å². The molecule has 0 spiro atoms. The van der Waals surface area contributed by atoms with Crippen LogP contribution in [-0.2, 0) is 11.3 Å². The van der Waals surface area contributed by atoms with Gasteiger partial charge in [-0.05, 0) is 36.6 Å². The fourth-order valence-corrected chi connectivity index (χ4v) is 3.44. The average molecular weight is 435 g/mol. The summed E-state index contributed by atoms with van der Waals surface area (Å²) >= 11 is 0. The van der Waals surface area contributed by atoms with Crippen LogP contribution in [0, 0.1) is 6.92 Å². The van der Waals surface area contributed by atoms with Gasteiger partial charge in [-0.2, -0.15) is 0 Å². The number of aliphatic carboxylic acids is 1. The molecule has 0 radical (unpaired) electrons. The molecule has 32 heavy (non-hydrogen) atoms. The number of urea groups is 1. The molecule has 8 heteroatoms. The van der Waals surface area contributed by atoms with Gasteiger partial charge in [0.1, 0.15) is 5.75 Å². The Morgan fingerprint density at radius 2 is 1.75 bits per heavy atom. The number of hydrogen-bond acceptors (Lipinski definition) is 4. The predicted octanol–water partition coefficient (Wildman–Crippen LogP) is 3.89. The standard InChI is InChI=1S/C24H25N3O5/c1-3-27-14-15(2)22(30)21(23(27)31)26-24(32)25-19(13-20(28)29)18-11-7-10-17(12-18)16-8-5-4-6-9-16/h4-12,14,19,30H,3,13H2,1-2H3,(H,28,29)(H2,25,26,32). The minimum absolute atomic E-state index is 0.253. The van der Waals surface area contributed by atoms with Crippen LogP contribution in [0.3, 0.4) is 0 Å². The molecule has 4 N–H and O–H groups in total. The van der Waals surface area contributed by atoms with Gasteiger partial charge in [0.15, 0.2) is 5.69 Å². The summed E-state index contributed by atoms with van der Waals surface area (Å²) < 4.78 is 1.36. The van der Waals surface area contributed by atoms with E-state index in [4.69, 9.17) is 0 Å². The summed E-state index contributed by atoms with van der Waals surface area (Å²) in [6.07, 6.45) is 1.15. The second-order valence-corrected chi connectivity index (χ2v) is 7.37. The molecule has 0 aliphatic rings. The number of carboxylic acids is 1. The lowest BCUT2D eigenvalue weighted by molar-refractivity contribution is -0.137. The maximum absolute atomic E-state index is 12.7. The number of hydrogen-bond donors (Lipinski definition) is 4. The highest BCUT2D eigenvalue weighted by Crippen LogP contribution is 2.26. The Morgan fingerprint density at radius 3 is 2.41 bits per heavy atom. The summed E-state index contributed by atoms with van der Waals surface area (Å²) in [6.45, 7) is 3.75. The third-order valence-electron chi connectivity index (χ3n) is 5.09. The first-order valence-electron chi connectivity index (χ1n) is 10.2. The minimum Gasteiger partial charge on any atom is -0.505 e. The number of pyridine rings is 1. The third-order valence-corrected chi connectivity index (χ3v) is 5.09. The highest BCUT2D eigenvalue weighted by Gasteiger charge is 2.21. The number of benzene rings is 2. The third kappa shape index (κ3) is 5.15. The Hall–Kier alpha value is -4.07. The molecule has 0 saturated carbocycles. The van der Waals surface area contributed by atoms with Gasteiger partial charge in [0.2, 0.25) is 0 Å². The smallest absolute Gasteiger partial charge is 0.319 e. The largest absolute Gasteiger partial charge is 0.505 e. The van der Waals surface area contributed by atoms with E-state index in [0.29, 0.717) is 17.7 Å². The number of rotatable bonds is 7. The molecule has 0 aliphatic heterocycles. The summed E-state index contributed by atoms with van der Waals surface area (Å²) in [5, 5.41) is 24.6. The van der Waals surface area contributed by atoms with Crippen molar-refractivity contribution in [2.45, 2.75) is 32.9 Å². The summed E-state index contributed by atoms with van der Waals surface area (Å²) in [7, 11) is 0. The SMILES string of the molecule is CCn1cc(C)c(O)c(NC(=O)NC(CC(=O)O)c2cccc(-c3ccccc3)c2)c1=O. The molecule has 0 aliphatic carbocycles. The van der Waals surface area contributed by atoms with Crippen molar-refractivity contribution in [2.75, 3.05) is 5.32 Å². The molecule has 1 heterocycles. The van der Waals surface area contributed by atoms with Gasteiger partial charge >= 0.3 is 12.0 Å². The molecule has 0 saturated heterocycles. The number of carboxylic acid groups (broad SMARTS) is 1. The van der Waals surface area contributed by atoms with Gasteiger partial charge in [-0.15, -0.1) is 0 Å². The minimum atomic E-state index is -1.09. The highest BCUT2D eigenvalue weighted by molar-refractivity contribution is 5.91. The molecular weight excluding hydrogens is 410 g/mol.